The highest BCUT2D eigenvalue weighted by molar-refractivity contribution is 7.83. The molecule has 0 saturated heterocycles. The zero-order chi connectivity index (χ0) is 9.42. The van der Waals surface area contributed by atoms with Crippen LogP contribution in [0, 0.1) is 5.82 Å². The molecule has 0 fully saturated rings. The van der Waals surface area contributed by atoms with Crippen molar-refractivity contribution in [1.82, 2.24) is 0 Å². The molecule has 13 heavy (non-hydrogen) atoms. The molecule has 66 valence electrons. The Morgan fingerprint density at radius 2 is 2.15 bits per heavy atom. The van der Waals surface area contributed by atoms with Crippen molar-refractivity contribution in [2.24, 2.45) is 0 Å². The predicted octanol–water partition coefficient (Wildman–Crippen LogP) is 3.14. The Morgan fingerprint density at radius 3 is 2.85 bits per heavy atom. The first-order chi connectivity index (χ1) is 6.20. The highest BCUT2D eigenvalue weighted by Crippen LogP contribution is 2.30. The third kappa shape index (κ3) is 1.47. The molecule has 0 aliphatic heterocycles. The SMILES string of the molecule is O=Cc1cc(F)c2cc(S)sc2c1. The maximum absolute atomic E-state index is 13.3. The lowest BCUT2D eigenvalue weighted by Gasteiger charge is -1.93. The first kappa shape index (κ1) is 8.72. The smallest absolute Gasteiger partial charge is 0.150 e. The number of thiophene rings is 1. The molecule has 2 aromatic rings. The highest BCUT2D eigenvalue weighted by Gasteiger charge is 2.06. The van der Waals surface area contributed by atoms with Gasteiger partial charge in [-0.25, -0.2) is 4.39 Å². The van der Waals surface area contributed by atoms with E-state index in [0.717, 1.165) is 8.91 Å². The van der Waals surface area contributed by atoms with E-state index >= 15 is 0 Å². The van der Waals surface area contributed by atoms with Gasteiger partial charge in [0.2, 0.25) is 0 Å². The van der Waals surface area contributed by atoms with Crippen LogP contribution in [-0.4, -0.2) is 6.29 Å². The maximum atomic E-state index is 13.3. The molecule has 0 unspecified atom stereocenters. The topological polar surface area (TPSA) is 17.1 Å². The van der Waals surface area contributed by atoms with Crippen LogP contribution in [0.4, 0.5) is 4.39 Å². The Labute approximate surface area is 83.6 Å². The summed E-state index contributed by atoms with van der Waals surface area (Å²) in [4.78, 5) is 10.4. The normalized spacial score (nSPS) is 10.6. The lowest BCUT2D eigenvalue weighted by molar-refractivity contribution is 0.112. The third-order valence-electron chi connectivity index (χ3n) is 1.73. The van der Waals surface area contributed by atoms with E-state index in [4.69, 9.17) is 0 Å². The minimum absolute atomic E-state index is 0.361. The molecule has 0 aliphatic carbocycles. The zero-order valence-corrected chi connectivity index (χ0v) is 8.16. The van der Waals surface area contributed by atoms with E-state index in [1.807, 2.05) is 0 Å². The Bertz CT molecular complexity index is 476. The molecule has 0 N–H and O–H groups in total. The van der Waals surface area contributed by atoms with Crippen LogP contribution in [0.15, 0.2) is 22.4 Å². The number of thiol groups is 1. The van der Waals surface area contributed by atoms with E-state index < -0.39 is 0 Å². The second-order valence-electron chi connectivity index (χ2n) is 2.62. The summed E-state index contributed by atoms with van der Waals surface area (Å²) in [5.41, 5.74) is 0.361. The molecule has 0 spiro atoms. The summed E-state index contributed by atoms with van der Waals surface area (Å²) in [5.74, 6) is -0.365. The van der Waals surface area contributed by atoms with Crippen molar-refractivity contribution in [3.05, 3.63) is 29.6 Å². The molecule has 0 amide bonds. The van der Waals surface area contributed by atoms with Crippen LogP contribution in [0.25, 0.3) is 10.1 Å². The van der Waals surface area contributed by atoms with Gasteiger partial charge in [-0.1, -0.05) is 0 Å². The summed E-state index contributed by atoms with van der Waals surface area (Å²) >= 11 is 5.48. The van der Waals surface area contributed by atoms with Gasteiger partial charge in [0.15, 0.2) is 0 Å². The van der Waals surface area contributed by atoms with Gasteiger partial charge in [-0.3, -0.25) is 4.79 Å². The van der Waals surface area contributed by atoms with Crippen molar-refractivity contribution in [1.29, 1.82) is 0 Å². The second-order valence-corrected chi connectivity index (χ2v) is 4.49. The number of carbonyl (C=O) groups excluding carboxylic acids is 1. The first-order valence-electron chi connectivity index (χ1n) is 3.58. The lowest BCUT2D eigenvalue weighted by atomic mass is 10.2. The number of aldehydes is 1. The number of carbonyl (C=O) groups is 1. The molecule has 1 heterocycles. The third-order valence-corrected chi connectivity index (χ3v) is 3.02. The number of hydrogen-bond acceptors (Lipinski definition) is 3. The number of rotatable bonds is 1. The molecule has 0 aliphatic rings. The standard InChI is InChI=1S/C9H5FOS2/c10-7-1-5(4-11)2-8-6(7)3-9(12)13-8/h1-4,12H. The predicted molar refractivity (Wildman–Crippen MR) is 54.4 cm³/mol. The van der Waals surface area contributed by atoms with Gasteiger partial charge < -0.3 is 0 Å². The van der Waals surface area contributed by atoms with Gasteiger partial charge in [0.05, 0.1) is 4.21 Å². The van der Waals surface area contributed by atoms with E-state index in [2.05, 4.69) is 12.6 Å². The molecule has 4 heteroatoms. The van der Waals surface area contributed by atoms with E-state index in [0.29, 0.717) is 17.2 Å². The minimum atomic E-state index is -0.365. The first-order valence-corrected chi connectivity index (χ1v) is 4.84. The fourth-order valence-electron chi connectivity index (χ4n) is 1.17. The Hall–Kier alpha value is -0.870. The molecular weight excluding hydrogens is 207 g/mol. The fourth-order valence-corrected chi connectivity index (χ4v) is 2.46. The summed E-state index contributed by atoms with van der Waals surface area (Å²) in [6.07, 6.45) is 0.639. The van der Waals surface area contributed by atoms with Crippen LogP contribution in [0.5, 0.6) is 0 Å². The van der Waals surface area contributed by atoms with Crippen LogP contribution in [0.1, 0.15) is 10.4 Å². The van der Waals surface area contributed by atoms with Gasteiger partial charge >= 0.3 is 0 Å². The number of fused-ring (bicyclic) bond motifs is 1. The largest absolute Gasteiger partial charge is 0.298 e. The van der Waals surface area contributed by atoms with Gasteiger partial charge in [0, 0.05) is 15.6 Å². The molecule has 0 saturated carbocycles. The molecule has 1 nitrogen and oxygen atoms in total. The van der Waals surface area contributed by atoms with Crippen LogP contribution in [0.2, 0.25) is 0 Å². The second kappa shape index (κ2) is 3.12. The average Bonchev–Trinajstić information content (AvgIpc) is 2.46. The molecule has 2 rings (SSSR count). The number of halogens is 1. The molecule has 0 atom stereocenters. The van der Waals surface area contributed by atoms with Gasteiger partial charge in [0.25, 0.3) is 0 Å². The fraction of sp³-hybridized carbons (Fsp3) is 0. The number of benzene rings is 1. The van der Waals surface area contributed by atoms with Crippen LogP contribution in [-0.2, 0) is 0 Å². The van der Waals surface area contributed by atoms with Crippen LogP contribution < -0.4 is 0 Å². The molecular formula is C9H5FOS2. The quantitative estimate of drug-likeness (QED) is 0.567. The summed E-state index contributed by atoms with van der Waals surface area (Å²) in [6, 6.07) is 4.55. The maximum Gasteiger partial charge on any atom is 0.150 e. The van der Waals surface area contributed by atoms with Crippen molar-refractivity contribution >= 4 is 40.3 Å². The van der Waals surface area contributed by atoms with Crippen molar-refractivity contribution in [2.75, 3.05) is 0 Å². The van der Waals surface area contributed by atoms with Crippen LogP contribution >= 0.6 is 24.0 Å². The molecule has 0 radical (unpaired) electrons. The molecule has 1 aromatic carbocycles. The lowest BCUT2D eigenvalue weighted by Crippen LogP contribution is -1.81. The molecule has 0 bridgehead atoms. The summed E-state index contributed by atoms with van der Waals surface area (Å²) in [5, 5.41) is 0.528. The van der Waals surface area contributed by atoms with Gasteiger partial charge in [-0.2, -0.15) is 0 Å². The van der Waals surface area contributed by atoms with E-state index in [-0.39, 0.29) is 5.82 Å². The summed E-state index contributed by atoms with van der Waals surface area (Å²) in [7, 11) is 0. The van der Waals surface area contributed by atoms with Crippen LogP contribution in [0.3, 0.4) is 0 Å². The van der Waals surface area contributed by atoms with E-state index in [1.54, 1.807) is 12.1 Å². The van der Waals surface area contributed by atoms with E-state index in [1.165, 1.54) is 17.4 Å². The Morgan fingerprint density at radius 1 is 1.38 bits per heavy atom. The van der Waals surface area contributed by atoms with Crippen molar-refractivity contribution in [3.8, 4) is 0 Å². The van der Waals surface area contributed by atoms with Gasteiger partial charge in [-0.05, 0) is 18.2 Å². The van der Waals surface area contributed by atoms with E-state index in [9.17, 15) is 9.18 Å². The minimum Gasteiger partial charge on any atom is -0.298 e. The number of hydrogen-bond donors (Lipinski definition) is 1. The van der Waals surface area contributed by atoms with Gasteiger partial charge in [-0.15, -0.1) is 24.0 Å². The summed E-state index contributed by atoms with van der Waals surface area (Å²) in [6.45, 7) is 0. The van der Waals surface area contributed by atoms with Crippen molar-refractivity contribution < 1.29 is 9.18 Å². The Balaban J connectivity index is 2.82. The highest BCUT2D eigenvalue weighted by atomic mass is 32.2. The zero-order valence-electron chi connectivity index (χ0n) is 6.45. The average molecular weight is 212 g/mol. The van der Waals surface area contributed by atoms with Crippen molar-refractivity contribution in [2.45, 2.75) is 4.21 Å². The van der Waals surface area contributed by atoms with Gasteiger partial charge in [0.1, 0.15) is 12.1 Å². The molecule has 1 aromatic heterocycles. The Kier molecular flexibility index (Phi) is 2.09. The summed E-state index contributed by atoms with van der Waals surface area (Å²) < 4.78 is 14.8. The van der Waals surface area contributed by atoms with Crippen molar-refractivity contribution in [3.63, 3.8) is 0 Å². The monoisotopic (exact) mass is 212 g/mol.